The van der Waals surface area contributed by atoms with Gasteiger partial charge in [0.15, 0.2) is 6.61 Å². The number of nitrogens with zero attached hydrogens (tertiary/aromatic N) is 1. The first-order chi connectivity index (χ1) is 10.5. The lowest BCUT2D eigenvalue weighted by Crippen LogP contribution is -2.47. The molecule has 4 nitrogen and oxygen atoms in total. The molecule has 1 aromatic carbocycles. The molecule has 0 saturated carbocycles. The van der Waals surface area contributed by atoms with Crippen LogP contribution < -0.4 is 10.1 Å². The van der Waals surface area contributed by atoms with Crippen LogP contribution in [-0.2, 0) is 4.79 Å². The minimum Gasteiger partial charge on any atom is -0.483 e. The van der Waals surface area contributed by atoms with Gasteiger partial charge in [0.05, 0.1) is 0 Å². The molecular formula is C18H28N2O2. The number of likely N-dealkylation sites (tertiary alicyclic amines) is 1. The van der Waals surface area contributed by atoms with Crippen LogP contribution in [0.2, 0.25) is 0 Å². The number of benzene rings is 1. The summed E-state index contributed by atoms with van der Waals surface area (Å²) in [7, 11) is 0. The number of aryl methyl sites for hydroxylation is 1. The van der Waals surface area contributed by atoms with Crippen LogP contribution in [0.4, 0.5) is 0 Å². The highest BCUT2D eigenvalue weighted by Gasteiger charge is 2.22. The molecule has 2 rings (SSSR count). The van der Waals surface area contributed by atoms with Crippen LogP contribution in [0.5, 0.6) is 5.75 Å². The quantitative estimate of drug-likeness (QED) is 0.909. The van der Waals surface area contributed by atoms with E-state index in [2.05, 4.69) is 24.1 Å². The fourth-order valence-corrected chi connectivity index (χ4v) is 2.85. The average molecular weight is 304 g/mol. The number of nitrogens with one attached hydrogen (secondary N) is 1. The first kappa shape index (κ1) is 16.8. The number of hydrogen-bond acceptors (Lipinski definition) is 3. The summed E-state index contributed by atoms with van der Waals surface area (Å²) < 4.78 is 5.66. The molecule has 1 N–H and O–H groups in total. The fraction of sp³-hybridized carbons (Fsp3) is 0.611. The molecule has 0 aliphatic carbocycles. The number of rotatable bonds is 5. The Morgan fingerprint density at radius 1 is 1.32 bits per heavy atom. The first-order valence-corrected chi connectivity index (χ1v) is 8.20. The second-order valence-electron chi connectivity index (χ2n) is 6.46. The predicted molar refractivity (Wildman–Crippen MR) is 89.3 cm³/mol. The van der Waals surface area contributed by atoms with Crippen molar-refractivity contribution in [1.29, 1.82) is 0 Å². The molecule has 0 atom stereocenters. The molecule has 0 spiro atoms. The van der Waals surface area contributed by atoms with Crippen LogP contribution in [0, 0.1) is 13.8 Å². The van der Waals surface area contributed by atoms with Crippen molar-refractivity contribution < 1.29 is 9.53 Å². The monoisotopic (exact) mass is 304 g/mol. The molecule has 1 heterocycles. The van der Waals surface area contributed by atoms with Crippen molar-refractivity contribution >= 4 is 5.91 Å². The van der Waals surface area contributed by atoms with Gasteiger partial charge in [0.2, 0.25) is 0 Å². The Labute approximate surface area is 133 Å². The second-order valence-corrected chi connectivity index (χ2v) is 6.46. The van der Waals surface area contributed by atoms with E-state index in [4.69, 9.17) is 4.74 Å². The molecule has 22 heavy (non-hydrogen) atoms. The van der Waals surface area contributed by atoms with Crippen LogP contribution in [0.25, 0.3) is 0 Å². The normalized spacial score (nSPS) is 16.8. The summed E-state index contributed by atoms with van der Waals surface area (Å²) in [6.45, 7) is 10.7. The highest BCUT2D eigenvalue weighted by Crippen LogP contribution is 2.20. The number of amides is 1. The molecule has 1 aromatic rings. The van der Waals surface area contributed by atoms with E-state index in [1.165, 1.54) is 5.56 Å². The average Bonchev–Trinajstić information content (AvgIpc) is 2.49. The van der Waals surface area contributed by atoms with Gasteiger partial charge in [0, 0.05) is 25.2 Å². The van der Waals surface area contributed by atoms with Gasteiger partial charge in [-0.15, -0.1) is 0 Å². The zero-order chi connectivity index (χ0) is 16.1. The van der Waals surface area contributed by atoms with Crippen molar-refractivity contribution in [2.45, 2.75) is 52.6 Å². The van der Waals surface area contributed by atoms with Crippen LogP contribution in [-0.4, -0.2) is 42.6 Å². The van der Waals surface area contributed by atoms with Crippen molar-refractivity contribution in [3.63, 3.8) is 0 Å². The van der Waals surface area contributed by atoms with Gasteiger partial charge in [-0.25, -0.2) is 0 Å². The number of carbonyl (C=O) groups excluding carboxylic acids is 1. The van der Waals surface area contributed by atoms with Gasteiger partial charge in [0.1, 0.15) is 5.75 Å². The van der Waals surface area contributed by atoms with Crippen LogP contribution in [0.1, 0.15) is 37.8 Å². The number of piperidine rings is 1. The van der Waals surface area contributed by atoms with E-state index >= 15 is 0 Å². The zero-order valence-electron chi connectivity index (χ0n) is 14.2. The van der Waals surface area contributed by atoms with Crippen molar-refractivity contribution in [1.82, 2.24) is 10.2 Å². The minimum atomic E-state index is -0.0242. The van der Waals surface area contributed by atoms with E-state index < -0.39 is 0 Å². The second kappa shape index (κ2) is 7.63. The highest BCUT2D eigenvalue weighted by atomic mass is 16.5. The summed E-state index contributed by atoms with van der Waals surface area (Å²) in [5.74, 6) is 0.772. The fourth-order valence-electron chi connectivity index (χ4n) is 2.85. The number of ether oxygens (including phenoxy) is 1. The van der Waals surface area contributed by atoms with Crippen molar-refractivity contribution in [2.75, 3.05) is 19.7 Å². The molecule has 1 aliphatic rings. The van der Waals surface area contributed by atoms with Gasteiger partial charge in [-0.2, -0.15) is 0 Å². The lowest BCUT2D eigenvalue weighted by Gasteiger charge is -2.34. The Balaban J connectivity index is 1.76. The Morgan fingerprint density at radius 3 is 2.64 bits per heavy atom. The molecule has 1 saturated heterocycles. The molecule has 122 valence electrons. The third kappa shape index (κ3) is 4.47. The lowest BCUT2D eigenvalue weighted by molar-refractivity contribution is -0.124. The molecular weight excluding hydrogens is 276 g/mol. The van der Waals surface area contributed by atoms with E-state index in [0.29, 0.717) is 6.04 Å². The van der Waals surface area contributed by atoms with Gasteiger partial charge >= 0.3 is 0 Å². The maximum absolute atomic E-state index is 12.0. The van der Waals surface area contributed by atoms with E-state index in [-0.39, 0.29) is 18.6 Å². The van der Waals surface area contributed by atoms with Crippen molar-refractivity contribution in [3.8, 4) is 5.75 Å². The van der Waals surface area contributed by atoms with Crippen molar-refractivity contribution in [3.05, 3.63) is 29.3 Å². The summed E-state index contributed by atoms with van der Waals surface area (Å²) in [4.78, 5) is 14.5. The summed E-state index contributed by atoms with van der Waals surface area (Å²) in [6, 6.07) is 6.78. The van der Waals surface area contributed by atoms with Gasteiger partial charge in [-0.3, -0.25) is 4.79 Å². The lowest BCUT2D eigenvalue weighted by atomic mass is 10.0. The Morgan fingerprint density at radius 2 is 2.00 bits per heavy atom. The van der Waals surface area contributed by atoms with Gasteiger partial charge < -0.3 is 15.0 Å². The van der Waals surface area contributed by atoms with Crippen LogP contribution in [0.15, 0.2) is 18.2 Å². The molecule has 1 aliphatic heterocycles. The molecule has 4 heteroatoms. The minimum absolute atomic E-state index is 0.0242. The Kier molecular flexibility index (Phi) is 5.83. The number of carbonyl (C=O) groups is 1. The summed E-state index contributed by atoms with van der Waals surface area (Å²) in [6.07, 6.45) is 2.04. The highest BCUT2D eigenvalue weighted by molar-refractivity contribution is 5.77. The molecule has 0 bridgehead atoms. The largest absolute Gasteiger partial charge is 0.483 e. The zero-order valence-corrected chi connectivity index (χ0v) is 14.2. The Hall–Kier alpha value is -1.55. The Bertz CT molecular complexity index is 506. The number of hydrogen-bond donors (Lipinski definition) is 1. The van der Waals surface area contributed by atoms with Crippen LogP contribution in [0.3, 0.4) is 0 Å². The molecule has 1 fully saturated rings. The summed E-state index contributed by atoms with van der Waals surface area (Å²) in [5, 5.41) is 3.09. The molecule has 0 aromatic heterocycles. The van der Waals surface area contributed by atoms with Gasteiger partial charge in [-0.1, -0.05) is 12.1 Å². The van der Waals surface area contributed by atoms with Crippen molar-refractivity contribution in [2.24, 2.45) is 0 Å². The molecule has 0 radical (unpaired) electrons. The van der Waals surface area contributed by atoms with Gasteiger partial charge in [-0.05, 0) is 57.7 Å². The maximum atomic E-state index is 12.0. The standard InChI is InChI=1S/C18H28N2O2/c1-13(2)20-10-8-16(9-11-20)19-18(21)12-22-17-7-5-6-14(3)15(17)4/h5-7,13,16H,8-12H2,1-4H3,(H,19,21). The summed E-state index contributed by atoms with van der Waals surface area (Å²) in [5.41, 5.74) is 2.28. The van der Waals surface area contributed by atoms with E-state index in [9.17, 15) is 4.79 Å². The topological polar surface area (TPSA) is 41.6 Å². The van der Waals surface area contributed by atoms with Crippen LogP contribution >= 0.6 is 0 Å². The SMILES string of the molecule is Cc1cccc(OCC(=O)NC2CCN(C(C)C)CC2)c1C. The van der Waals surface area contributed by atoms with Gasteiger partial charge in [0.25, 0.3) is 5.91 Å². The summed E-state index contributed by atoms with van der Waals surface area (Å²) >= 11 is 0. The smallest absolute Gasteiger partial charge is 0.258 e. The third-order valence-electron chi connectivity index (χ3n) is 4.54. The molecule has 0 unspecified atom stereocenters. The third-order valence-corrected chi connectivity index (χ3v) is 4.54. The van der Waals surface area contributed by atoms with E-state index in [0.717, 1.165) is 37.2 Å². The predicted octanol–water partition coefficient (Wildman–Crippen LogP) is 2.67. The molecule has 1 amide bonds. The first-order valence-electron chi connectivity index (χ1n) is 8.20. The maximum Gasteiger partial charge on any atom is 0.258 e. The van der Waals surface area contributed by atoms with E-state index in [1.54, 1.807) is 0 Å². The van der Waals surface area contributed by atoms with E-state index in [1.807, 2.05) is 32.0 Å².